The predicted octanol–water partition coefficient (Wildman–Crippen LogP) is 4.45. The molecular weight excluding hydrogens is 156 g/mol. The highest BCUT2D eigenvalue weighted by molar-refractivity contribution is 4.84. The lowest BCUT2D eigenvalue weighted by Gasteiger charge is -1.94. The maximum absolute atomic E-state index is 5.28. The molecule has 0 aromatic heterocycles. The number of rotatable bonds is 9. The summed E-state index contributed by atoms with van der Waals surface area (Å²) >= 11 is 0. The van der Waals surface area contributed by atoms with Gasteiger partial charge in [0.15, 0.2) is 0 Å². The molecule has 73 valence electrons. The fraction of sp³-hybridized carbons (Fsp3) is 0.538. The zero-order valence-corrected chi connectivity index (χ0v) is 8.54. The summed E-state index contributed by atoms with van der Waals surface area (Å²) in [5.74, 6) is 0. The Balaban J connectivity index is 3.01. The van der Waals surface area contributed by atoms with Crippen molar-refractivity contribution in [1.29, 1.82) is 0 Å². The molecule has 1 radical (unpaired) electrons. The lowest BCUT2D eigenvalue weighted by molar-refractivity contribution is 0.695. The summed E-state index contributed by atoms with van der Waals surface area (Å²) < 4.78 is 0. The number of hydrogen-bond donors (Lipinski definition) is 0. The first kappa shape index (κ1) is 12.2. The first-order chi connectivity index (χ1) is 6.41. The Morgan fingerprint density at radius 3 is 2.23 bits per heavy atom. The molecule has 0 aliphatic rings. The second-order valence-corrected chi connectivity index (χ2v) is 3.21. The van der Waals surface area contributed by atoms with E-state index >= 15 is 0 Å². The van der Waals surface area contributed by atoms with Crippen molar-refractivity contribution in [1.82, 2.24) is 0 Å². The monoisotopic (exact) mass is 177 g/mol. The molecule has 0 spiro atoms. The summed E-state index contributed by atoms with van der Waals surface area (Å²) in [6, 6.07) is 0. The van der Waals surface area contributed by atoms with E-state index < -0.39 is 0 Å². The van der Waals surface area contributed by atoms with Gasteiger partial charge < -0.3 is 0 Å². The van der Waals surface area contributed by atoms with E-state index in [4.69, 9.17) is 6.58 Å². The lowest BCUT2D eigenvalue weighted by Crippen LogP contribution is -1.74. The Morgan fingerprint density at radius 1 is 0.846 bits per heavy atom. The van der Waals surface area contributed by atoms with E-state index in [9.17, 15) is 0 Å². The van der Waals surface area contributed by atoms with E-state index in [1.807, 2.05) is 6.08 Å². The second kappa shape index (κ2) is 11.2. The highest BCUT2D eigenvalue weighted by Gasteiger charge is 1.84. The molecule has 0 aliphatic heterocycles. The van der Waals surface area contributed by atoms with Gasteiger partial charge in [0.05, 0.1) is 0 Å². The molecule has 0 atom stereocenters. The van der Waals surface area contributed by atoms with Crippen LogP contribution in [0.1, 0.15) is 44.9 Å². The third-order valence-corrected chi connectivity index (χ3v) is 1.95. The van der Waals surface area contributed by atoms with Gasteiger partial charge in [-0.2, -0.15) is 0 Å². The van der Waals surface area contributed by atoms with Gasteiger partial charge in [-0.15, -0.1) is 6.58 Å². The molecule has 0 bridgehead atoms. The summed E-state index contributed by atoms with van der Waals surface area (Å²) in [6.45, 7) is 8.96. The zero-order valence-electron chi connectivity index (χ0n) is 8.54. The van der Waals surface area contributed by atoms with Gasteiger partial charge >= 0.3 is 0 Å². The summed E-state index contributed by atoms with van der Waals surface area (Å²) in [5.41, 5.74) is 0. The number of allylic oxidation sites excluding steroid dienone is 4. The maximum Gasteiger partial charge on any atom is -0.0316 e. The van der Waals surface area contributed by atoms with Crippen LogP contribution in [0.25, 0.3) is 0 Å². The van der Waals surface area contributed by atoms with Crippen LogP contribution in [0, 0.1) is 6.58 Å². The van der Waals surface area contributed by atoms with Crippen molar-refractivity contribution in [2.24, 2.45) is 0 Å². The molecule has 0 aliphatic carbocycles. The van der Waals surface area contributed by atoms with Crippen LogP contribution in [0.15, 0.2) is 30.9 Å². The molecule has 0 aromatic carbocycles. The molecule has 0 N–H and O–H groups in total. The van der Waals surface area contributed by atoms with Gasteiger partial charge in [0.25, 0.3) is 0 Å². The highest BCUT2D eigenvalue weighted by atomic mass is 13.9. The molecular formula is C13H21. The molecule has 0 heterocycles. The minimum atomic E-state index is 1.06. The number of unbranched alkanes of at least 4 members (excludes halogenated alkanes) is 5. The van der Waals surface area contributed by atoms with Gasteiger partial charge in [-0.3, -0.25) is 0 Å². The quantitative estimate of drug-likeness (QED) is 0.360. The van der Waals surface area contributed by atoms with E-state index in [2.05, 4.69) is 18.7 Å². The largest absolute Gasteiger partial charge is 0.103 e. The van der Waals surface area contributed by atoms with E-state index in [1.54, 1.807) is 6.08 Å². The van der Waals surface area contributed by atoms with Crippen LogP contribution in [-0.4, -0.2) is 0 Å². The molecule has 0 saturated carbocycles. The average molecular weight is 177 g/mol. The van der Waals surface area contributed by atoms with Gasteiger partial charge in [0, 0.05) is 0 Å². The lowest BCUT2D eigenvalue weighted by atomic mass is 10.1. The standard InChI is InChI=1S/C13H21/c1-3-5-7-9-11-13-12-10-8-6-4-2/h1,3-4,10,12H,2,5-9,11,13H2. The van der Waals surface area contributed by atoms with Crippen molar-refractivity contribution < 1.29 is 0 Å². The van der Waals surface area contributed by atoms with E-state index in [0.717, 1.165) is 19.3 Å². The number of hydrogen-bond acceptors (Lipinski definition) is 0. The molecule has 0 aromatic rings. The summed E-state index contributed by atoms with van der Waals surface area (Å²) in [6.07, 6.45) is 16.5. The van der Waals surface area contributed by atoms with Crippen molar-refractivity contribution in [3.8, 4) is 0 Å². The Labute approximate surface area is 83.0 Å². The highest BCUT2D eigenvalue weighted by Crippen LogP contribution is 2.04. The van der Waals surface area contributed by atoms with E-state index in [1.165, 1.54) is 25.7 Å². The summed E-state index contributed by atoms with van der Waals surface area (Å²) in [7, 11) is 0. The topological polar surface area (TPSA) is 0 Å². The minimum Gasteiger partial charge on any atom is -0.103 e. The smallest absolute Gasteiger partial charge is 0.0316 e. The second-order valence-electron chi connectivity index (χ2n) is 3.21. The first-order valence-corrected chi connectivity index (χ1v) is 5.21. The van der Waals surface area contributed by atoms with Gasteiger partial charge in [-0.05, 0) is 38.5 Å². The van der Waals surface area contributed by atoms with Crippen molar-refractivity contribution in [3.63, 3.8) is 0 Å². The Hall–Kier alpha value is -0.780. The fourth-order valence-corrected chi connectivity index (χ4v) is 1.15. The molecule has 13 heavy (non-hydrogen) atoms. The molecule has 0 amide bonds. The third-order valence-electron chi connectivity index (χ3n) is 1.95. The molecule has 0 fully saturated rings. The Bertz CT molecular complexity index is 142. The van der Waals surface area contributed by atoms with Crippen molar-refractivity contribution in [2.75, 3.05) is 0 Å². The van der Waals surface area contributed by atoms with Gasteiger partial charge in [-0.1, -0.05) is 37.3 Å². The summed E-state index contributed by atoms with van der Waals surface area (Å²) in [5, 5.41) is 0. The van der Waals surface area contributed by atoms with Crippen LogP contribution in [-0.2, 0) is 0 Å². The molecule has 0 unspecified atom stereocenters. The summed E-state index contributed by atoms with van der Waals surface area (Å²) in [4.78, 5) is 0. The van der Waals surface area contributed by atoms with Crippen LogP contribution in [0.4, 0.5) is 0 Å². The van der Waals surface area contributed by atoms with E-state index in [-0.39, 0.29) is 0 Å². The van der Waals surface area contributed by atoms with Crippen molar-refractivity contribution >= 4 is 0 Å². The van der Waals surface area contributed by atoms with Crippen LogP contribution in [0.3, 0.4) is 0 Å². The third kappa shape index (κ3) is 11.2. The van der Waals surface area contributed by atoms with Crippen molar-refractivity contribution in [3.05, 3.63) is 37.5 Å². The Kier molecular flexibility index (Phi) is 10.5. The molecule has 0 saturated heterocycles. The Morgan fingerprint density at radius 2 is 1.54 bits per heavy atom. The predicted molar refractivity (Wildman–Crippen MR) is 60.5 cm³/mol. The van der Waals surface area contributed by atoms with Gasteiger partial charge in [-0.25, -0.2) is 0 Å². The normalized spacial score (nSPS) is 10.5. The zero-order chi connectivity index (χ0) is 9.78. The minimum absolute atomic E-state index is 1.06. The first-order valence-electron chi connectivity index (χ1n) is 5.21. The fourth-order valence-electron chi connectivity index (χ4n) is 1.15. The van der Waals surface area contributed by atoms with E-state index in [0.29, 0.717) is 0 Å². The molecule has 0 heteroatoms. The van der Waals surface area contributed by atoms with Crippen LogP contribution in [0.5, 0.6) is 0 Å². The molecule has 0 nitrogen and oxygen atoms in total. The van der Waals surface area contributed by atoms with Crippen LogP contribution in [0.2, 0.25) is 0 Å². The van der Waals surface area contributed by atoms with Gasteiger partial charge in [0.1, 0.15) is 0 Å². The van der Waals surface area contributed by atoms with Crippen molar-refractivity contribution in [2.45, 2.75) is 44.9 Å². The maximum atomic E-state index is 5.28. The molecule has 0 rings (SSSR count). The van der Waals surface area contributed by atoms with Crippen LogP contribution >= 0.6 is 0 Å². The average Bonchev–Trinajstić information content (AvgIpc) is 2.16. The SMILES string of the molecule is [CH]=CCCCCCC=CCCC=C. The van der Waals surface area contributed by atoms with Crippen LogP contribution < -0.4 is 0 Å². The van der Waals surface area contributed by atoms with Gasteiger partial charge in [0.2, 0.25) is 0 Å².